The third-order valence-electron chi connectivity index (χ3n) is 4.47. The Morgan fingerprint density at radius 3 is 2.40 bits per heavy atom. The molecule has 0 spiro atoms. The molecule has 1 aliphatic heterocycles. The third-order valence-corrected chi connectivity index (χ3v) is 5.71. The Balaban J connectivity index is 1.77. The van der Waals surface area contributed by atoms with Gasteiger partial charge >= 0.3 is 6.09 Å². The summed E-state index contributed by atoms with van der Waals surface area (Å²) >= 11 is 1.81. The van der Waals surface area contributed by atoms with Crippen LogP contribution in [0, 0.1) is 13.8 Å². The molecule has 1 amide bonds. The summed E-state index contributed by atoms with van der Waals surface area (Å²) in [6.07, 6.45) is -0.238. The van der Waals surface area contributed by atoms with Crippen LogP contribution in [0.15, 0.2) is 52.3 Å². The Morgan fingerprint density at radius 1 is 1.00 bits per heavy atom. The summed E-state index contributed by atoms with van der Waals surface area (Å²) < 4.78 is 4.82. The topological polar surface area (TPSA) is 32.8 Å². The molecule has 0 aromatic heterocycles. The summed E-state index contributed by atoms with van der Waals surface area (Å²) in [5.74, 6) is 0. The third kappa shape index (κ3) is 4.10. The van der Waals surface area contributed by atoms with Gasteiger partial charge in [-0.2, -0.15) is 0 Å². The molecule has 0 atom stereocenters. The van der Waals surface area contributed by atoms with Crippen LogP contribution in [-0.4, -0.2) is 44.3 Å². The zero-order valence-corrected chi connectivity index (χ0v) is 15.8. The molecule has 0 unspecified atom stereocenters. The second kappa shape index (κ2) is 7.83. The molecule has 5 heteroatoms. The molecule has 4 nitrogen and oxygen atoms in total. The van der Waals surface area contributed by atoms with Crippen LogP contribution in [0.4, 0.5) is 10.5 Å². The van der Waals surface area contributed by atoms with E-state index < -0.39 is 0 Å². The molecule has 25 heavy (non-hydrogen) atoms. The van der Waals surface area contributed by atoms with Crippen LogP contribution < -0.4 is 4.90 Å². The molecule has 0 N–H and O–H groups in total. The van der Waals surface area contributed by atoms with Gasteiger partial charge in [-0.15, -0.1) is 0 Å². The summed E-state index contributed by atoms with van der Waals surface area (Å²) in [6, 6.07) is 15.1. The zero-order chi connectivity index (χ0) is 17.8. The quantitative estimate of drug-likeness (QED) is 0.819. The van der Waals surface area contributed by atoms with E-state index in [1.165, 1.54) is 33.7 Å². The van der Waals surface area contributed by atoms with E-state index in [1.54, 1.807) is 4.90 Å². The Morgan fingerprint density at radius 2 is 1.72 bits per heavy atom. The lowest BCUT2D eigenvalue weighted by Gasteiger charge is -2.36. The van der Waals surface area contributed by atoms with Gasteiger partial charge in [0.15, 0.2) is 0 Å². The second-order valence-corrected chi connectivity index (χ2v) is 7.37. The first-order valence-electron chi connectivity index (χ1n) is 8.50. The number of carbonyl (C=O) groups excluding carboxylic acids is 1. The van der Waals surface area contributed by atoms with Gasteiger partial charge in [0.1, 0.15) is 0 Å². The number of benzene rings is 2. The number of methoxy groups -OCH3 is 1. The Hall–Kier alpha value is -2.14. The Bertz CT molecular complexity index is 755. The highest BCUT2D eigenvalue weighted by atomic mass is 32.2. The number of anilines is 1. The predicted molar refractivity (Wildman–Crippen MR) is 103 cm³/mol. The van der Waals surface area contributed by atoms with E-state index in [4.69, 9.17) is 4.74 Å². The molecule has 1 aliphatic rings. The van der Waals surface area contributed by atoms with E-state index in [9.17, 15) is 4.79 Å². The van der Waals surface area contributed by atoms with E-state index in [2.05, 4.69) is 61.2 Å². The van der Waals surface area contributed by atoms with E-state index in [1.807, 2.05) is 11.8 Å². The van der Waals surface area contributed by atoms with Gasteiger partial charge in [-0.1, -0.05) is 41.6 Å². The van der Waals surface area contributed by atoms with Crippen molar-refractivity contribution in [3.63, 3.8) is 0 Å². The maximum atomic E-state index is 11.7. The summed E-state index contributed by atoms with van der Waals surface area (Å²) in [5, 5.41) is 0. The molecule has 2 aromatic rings. The first kappa shape index (κ1) is 17.7. The monoisotopic (exact) mass is 356 g/mol. The van der Waals surface area contributed by atoms with E-state index in [0.717, 1.165) is 13.1 Å². The largest absolute Gasteiger partial charge is 0.453 e. The van der Waals surface area contributed by atoms with Gasteiger partial charge < -0.3 is 14.5 Å². The minimum atomic E-state index is -0.238. The normalized spacial score (nSPS) is 14.5. The highest BCUT2D eigenvalue weighted by Crippen LogP contribution is 2.37. The standard InChI is InChI=1S/C20H24N2O2S/c1-15-8-9-18(16(2)14-15)25-19-7-5-4-6-17(19)21-10-12-22(13-11-21)20(23)24-3/h4-9,14H,10-13H2,1-3H3. The fraction of sp³-hybridized carbons (Fsp3) is 0.350. The van der Waals surface area contributed by atoms with Crippen molar-refractivity contribution in [1.29, 1.82) is 0 Å². The molecule has 0 bridgehead atoms. The molecule has 1 saturated heterocycles. The molecule has 2 aromatic carbocycles. The molecule has 0 saturated carbocycles. The van der Waals surface area contributed by atoms with E-state index in [0.29, 0.717) is 13.1 Å². The predicted octanol–water partition coefficient (Wildman–Crippen LogP) is 4.34. The molecule has 132 valence electrons. The smallest absolute Gasteiger partial charge is 0.409 e. The van der Waals surface area contributed by atoms with Gasteiger partial charge in [-0.3, -0.25) is 0 Å². The van der Waals surface area contributed by atoms with E-state index in [-0.39, 0.29) is 6.09 Å². The Labute approximate surface area is 153 Å². The maximum absolute atomic E-state index is 11.7. The van der Waals surface area contributed by atoms with Gasteiger partial charge in [0.25, 0.3) is 0 Å². The number of para-hydroxylation sites is 1. The molecule has 1 heterocycles. The average molecular weight is 356 g/mol. The number of ether oxygens (including phenoxy) is 1. The maximum Gasteiger partial charge on any atom is 0.409 e. The number of rotatable bonds is 3. The zero-order valence-electron chi connectivity index (χ0n) is 15.0. The van der Waals surface area contributed by atoms with Crippen molar-refractivity contribution >= 4 is 23.5 Å². The van der Waals surface area contributed by atoms with E-state index >= 15 is 0 Å². The van der Waals surface area contributed by atoms with Crippen LogP contribution in [0.1, 0.15) is 11.1 Å². The van der Waals surface area contributed by atoms with Crippen molar-refractivity contribution in [3.8, 4) is 0 Å². The van der Waals surface area contributed by atoms with Crippen molar-refractivity contribution in [1.82, 2.24) is 4.90 Å². The number of hydrogen-bond acceptors (Lipinski definition) is 4. The molecule has 3 rings (SSSR count). The SMILES string of the molecule is COC(=O)N1CCN(c2ccccc2Sc2ccc(C)cc2C)CC1. The lowest BCUT2D eigenvalue weighted by molar-refractivity contribution is 0.121. The number of hydrogen-bond donors (Lipinski definition) is 0. The van der Waals surface area contributed by atoms with Crippen LogP contribution >= 0.6 is 11.8 Å². The summed E-state index contributed by atoms with van der Waals surface area (Å²) in [7, 11) is 1.44. The van der Waals surface area contributed by atoms with Crippen LogP contribution in [0.5, 0.6) is 0 Å². The number of aryl methyl sites for hydroxylation is 2. The molecular formula is C20H24N2O2S. The van der Waals surface area contributed by atoms with Crippen molar-refractivity contribution < 1.29 is 9.53 Å². The highest BCUT2D eigenvalue weighted by Gasteiger charge is 2.23. The number of piperazine rings is 1. The van der Waals surface area contributed by atoms with Gasteiger partial charge in [0, 0.05) is 36.0 Å². The minimum absolute atomic E-state index is 0.238. The van der Waals surface area contributed by atoms with Gasteiger partial charge in [-0.25, -0.2) is 4.79 Å². The molecule has 0 aliphatic carbocycles. The van der Waals surface area contributed by atoms with Gasteiger partial charge in [-0.05, 0) is 37.6 Å². The summed E-state index contributed by atoms with van der Waals surface area (Å²) in [4.78, 5) is 18.3. The fourth-order valence-electron chi connectivity index (χ4n) is 3.10. The molecular weight excluding hydrogens is 332 g/mol. The fourth-order valence-corrected chi connectivity index (χ4v) is 4.14. The first-order valence-corrected chi connectivity index (χ1v) is 9.32. The van der Waals surface area contributed by atoms with Gasteiger partial charge in [0.2, 0.25) is 0 Å². The average Bonchev–Trinajstić information content (AvgIpc) is 2.64. The van der Waals surface area contributed by atoms with Crippen LogP contribution in [0.2, 0.25) is 0 Å². The number of nitrogens with zero attached hydrogens (tertiary/aromatic N) is 2. The number of carbonyl (C=O) groups is 1. The van der Waals surface area contributed by atoms with Crippen molar-refractivity contribution in [3.05, 3.63) is 53.6 Å². The van der Waals surface area contributed by atoms with Crippen LogP contribution in [0.25, 0.3) is 0 Å². The van der Waals surface area contributed by atoms with Crippen LogP contribution in [0.3, 0.4) is 0 Å². The van der Waals surface area contributed by atoms with Crippen molar-refractivity contribution in [2.75, 3.05) is 38.2 Å². The lowest BCUT2D eigenvalue weighted by Crippen LogP contribution is -2.48. The second-order valence-electron chi connectivity index (χ2n) is 6.28. The lowest BCUT2D eigenvalue weighted by atomic mass is 10.2. The first-order chi connectivity index (χ1) is 12.1. The molecule has 0 radical (unpaired) electrons. The van der Waals surface area contributed by atoms with Crippen molar-refractivity contribution in [2.24, 2.45) is 0 Å². The highest BCUT2D eigenvalue weighted by molar-refractivity contribution is 7.99. The van der Waals surface area contributed by atoms with Gasteiger partial charge in [0.05, 0.1) is 12.8 Å². The van der Waals surface area contributed by atoms with Crippen LogP contribution in [-0.2, 0) is 4.74 Å². The Kier molecular flexibility index (Phi) is 5.53. The van der Waals surface area contributed by atoms with Crippen molar-refractivity contribution in [2.45, 2.75) is 23.6 Å². The molecule has 1 fully saturated rings. The number of amides is 1. The summed E-state index contributed by atoms with van der Waals surface area (Å²) in [6.45, 7) is 7.30. The summed E-state index contributed by atoms with van der Waals surface area (Å²) in [5.41, 5.74) is 3.82. The minimum Gasteiger partial charge on any atom is -0.453 e.